The number of aliphatic carboxylic acids is 1. The van der Waals surface area contributed by atoms with Crippen molar-refractivity contribution < 1.29 is 19.4 Å². The van der Waals surface area contributed by atoms with E-state index in [0.29, 0.717) is 6.61 Å². The van der Waals surface area contributed by atoms with Crippen LogP contribution in [-0.2, 0) is 16.1 Å². The second-order valence-corrected chi connectivity index (χ2v) is 4.26. The first-order valence-corrected chi connectivity index (χ1v) is 5.68. The highest BCUT2D eigenvalue weighted by molar-refractivity contribution is 5.73. The highest BCUT2D eigenvalue weighted by atomic mass is 16.5. The molecule has 0 aromatic heterocycles. The molecular formula is C13H16O4. The fourth-order valence-corrected chi connectivity index (χ4v) is 1.72. The van der Waals surface area contributed by atoms with Crippen LogP contribution in [0.4, 0.5) is 0 Å². The van der Waals surface area contributed by atoms with E-state index in [1.165, 1.54) is 0 Å². The van der Waals surface area contributed by atoms with Gasteiger partial charge in [0.1, 0.15) is 5.75 Å². The monoisotopic (exact) mass is 236 g/mol. The number of methoxy groups -OCH3 is 1. The van der Waals surface area contributed by atoms with Crippen molar-refractivity contribution in [2.45, 2.75) is 25.6 Å². The molecule has 4 heteroatoms. The second-order valence-electron chi connectivity index (χ2n) is 4.26. The van der Waals surface area contributed by atoms with Gasteiger partial charge in [-0.1, -0.05) is 12.1 Å². The molecule has 1 aromatic rings. The molecule has 1 aliphatic carbocycles. The van der Waals surface area contributed by atoms with Crippen molar-refractivity contribution in [2.24, 2.45) is 5.92 Å². The van der Waals surface area contributed by atoms with Crippen LogP contribution in [0.3, 0.4) is 0 Å². The molecule has 1 saturated carbocycles. The van der Waals surface area contributed by atoms with E-state index in [4.69, 9.17) is 14.6 Å². The summed E-state index contributed by atoms with van der Waals surface area (Å²) < 4.78 is 10.5. The molecule has 2 rings (SSSR count). The van der Waals surface area contributed by atoms with Crippen molar-refractivity contribution in [3.8, 4) is 5.75 Å². The van der Waals surface area contributed by atoms with Gasteiger partial charge in [0.2, 0.25) is 0 Å². The zero-order chi connectivity index (χ0) is 12.3. The Morgan fingerprint density at radius 3 is 2.53 bits per heavy atom. The first kappa shape index (κ1) is 11.9. The summed E-state index contributed by atoms with van der Waals surface area (Å²) in [5, 5.41) is 9.00. The Balaban J connectivity index is 1.89. The van der Waals surface area contributed by atoms with Crippen molar-refractivity contribution in [1.29, 1.82) is 0 Å². The fourth-order valence-electron chi connectivity index (χ4n) is 1.72. The molecule has 0 amide bonds. The lowest BCUT2D eigenvalue weighted by Crippen LogP contribution is -2.25. The topological polar surface area (TPSA) is 55.8 Å². The molecule has 0 heterocycles. The Hall–Kier alpha value is -1.55. The number of carboxylic acids is 1. The summed E-state index contributed by atoms with van der Waals surface area (Å²) in [7, 11) is 1.61. The summed E-state index contributed by atoms with van der Waals surface area (Å²) in [5.41, 5.74) is 0.956. The van der Waals surface area contributed by atoms with Gasteiger partial charge >= 0.3 is 5.97 Å². The Bertz CT molecular complexity index is 381. The molecule has 17 heavy (non-hydrogen) atoms. The number of rotatable bonds is 6. The lowest BCUT2D eigenvalue weighted by molar-refractivity contribution is -0.152. The molecule has 1 aliphatic rings. The van der Waals surface area contributed by atoms with Crippen LogP contribution in [0.15, 0.2) is 24.3 Å². The van der Waals surface area contributed by atoms with Gasteiger partial charge in [-0.25, -0.2) is 4.79 Å². The quantitative estimate of drug-likeness (QED) is 0.821. The van der Waals surface area contributed by atoms with Gasteiger partial charge in [-0.15, -0.1) is 0 Å². The molecule has 1 N–H and O–H groups in total. The minimum Gasteiger partial charge on any atom is -0.497 e. The van der Waals surface area contributed by atoms with Crippen molar-refractivity contribution >= 4 is 5.97 Å². The summed E-state index contributed by atoms with van der Waals surface area (Å²) in [4.78, 5) is 11.0. The van der Waals surface area contributed by atoms with E-state index in [2.05, 4.69) is 0 Å². The third kappa shape index (κ3) is 3.20. The van der Waals surface area contributed by atoms with Gasteiger partial charge in [-0.2, -0.15) is 0 Å². The van der Waals surface area contributed by atoms with Crippen LogP contribution in [0.5, 0.6) is 5.75 Å². The minimum absolute atomic E-state index is 0.200. The number of benzene rings is 1. The largest absolute Gasteiger partial charge is 0.497 e. The smallest absolute Gasteiger partial charge is 0.333 e. The molecule has 0 aliphatic heterocycles. The highest BCUT2D eigenvalue weighted by Crippen LogP contribution is 2.34. The lowest BCUT2D eigenvalue weighted by atomic mass is 10.2. The van der Waals surface area contributed by atoms with E-state index in [1.807, 2.05) is 24.3 Å². The molecule has 92 valence electrons. The molecule has 4 nitrogen and oxygen atoms in total. The van der Waals surface area contributed by atoms with E-state index in [-0.39, 0.29) is 5.92 Å². The van der Waals surface area contributed by atoms with E-state index in [0.717, 1.165) is 24.2 Å². The van der Waals surface area contributed by atoms with E-state index in [1.54, 1.807) is 7.11 Å². The maximum atomic E-state index is 11.0. The molecule has 1 unspecified atom stereocenters. The van der Waals surface area contributed by atoms with Crippen LogP contribution in [0.25, 0.3) is 0 Å². The third-order valence-electron chi connectivity index (χ3n) is 2.88. The van der Waals surface area contributed by atoms with Gasteiger partial charge < -0.3 is 14.6 Å². The molecule has 1 atom stereocenters. The molecule has 0 spiro atoms. The summed E-state index contributed by atoms with van der Waals surface area (Å²) in [6.07, 6.45) is 1.26. The molecular weight excluding hydrogens is 220 g/mol. The van der Waals surface area contributed by atoms with E-state index >= 15 is 0 Å². The van der Waals surface area contributed by atoms with E-state index in [9.17, 15) is 4.79 Å². The Kier molecular flexibility index (Phi) is 3.64. The van der Waals surface area contributed by atoms with Gasteiger partial charge in [0.15, 0.2) is 6.10 Å². The second kappa shape index (κ2) is 5.19. The Morgan fingerprint density at radius 2 is 2.06 bits per heavy atom. The Labute approximate surface area is 100 Å². The average Bonchev–Trinajstić information content (AvgIpc) is 3.14. The summed E-state index contributed by atoms with van der Waals surface area (Å²) in [6.45, 7) is 0.331. The maximum Gasteiger partial charge on any atom is 0.333 e. The fraction of sp³-hybridized carbons (Fsp3) is 0.462. The van der Waals surface area contributed by atoms with Gasteiger partial charge in [0.25, 0.3) is 0 Å². The van der Waals surface area contributed by atoms with Crippen LogP contribution < -0.4 is 4.74 Å². The Morgan fingerprint density at radius 1 is 1.41 bits per heavy atom. The molecule has 0 radical (unpaired) electrons. The first-order chi connectivity index (χ1) is 8.20. The summed E-state index contributed by atoms with van der Waals surface area (Å²) >= 11 is 0. The zero-order valence-corrected chi connectivity index (χ0v) is 9.76. The standard InChI is InChI=1S/C13H16O4/c1-16-11-6-2-9(3-7-11)8-17-12(13(14)15)10-4-5-10/h2-3,6-7,10,12H,4-5,8H2,1H3,(H,14,15). The van der Waals surface area contributed by atoms with Gasteiger partial charge in [-0.3, -0.25) is 0 Å². The lowest BCUT2D eigenvalue weighted by Gasteiger charge is -2.12. The van der Waals surface area contributed by atoms with Crippen LogP contribution in [0, 0.1) is 5.92 Å². The average molecular weight is 236 g/mol. The summed E-state index contributed by atoms with van der Waals surface area (Å²) in [6, 6.07) is 7.44. The summed E-state index contributed by atoms with van der Waals surface area (Å²) in [5.74, 6) is 0.123. The highest BCUT2D eigenvalue weighted by Gasteiger charge is 2.37. The van der Waals surface area contributed by atoms with Crippen LogP contribution in [0.2, 0.25) is 0 Å². The number of ether oxygens (including phenoxy) is 2. The van der Waals surface area contributed by atoms with Crippen molar-refractivity contribution in [1.82, 2.24) is 0 Å². The predicted molar refractivity (Wildman–Crippen MR) is 61.9 cm³/mol. The predicted octanol–water partition coefficient (Wildman–Crippen LogP) is 2.08. The van der Waals surface area contributed by atoms with Crippen LogP contribution in [-0.4, -0.2) is 24.3 Å². The number of hydrogen-bond acceptors (Lipinski definition) is 3. The van der Waals surface area contributed by atoms with Crippen molar-refractivity contribution in [3.63, 3.8) is 0 Å². The van der Waals surface area contributed by atoms with E-state index < -0.39 is 12.1 Å². The maximum absolute atomic E-state index is 11.0. The third-order valence-corrected chi connectivity index (χ3v) is 2.88. The minimum atomic E-state index is -0.860. The van der Waals surface area contributed by atoms with Crippen molar-refractivity contribution in [2.75, 3.05) is 7.11 Å². The number of carboxylic acid groups (broad SMARTS) is 1. The van der Waals surface area contributed by atoms with Crippen LogP contribution >= 0.6 is 0 Å². The van der Waals surface area contributed by atoms with Gasteiger partial charge in [-0.05, 0) is 36.5 Å². The zero-order valence-electron chi connectivity index (χ0n) is 9.76. The normalized spacial score (nSPS) is 16.5. The SMILES string of the molecule is COc1ccc(COC(C(=O)O)C2CC2)cc1. The number of carbonyl (C=O) groups is 1. The van der Waals surface area contributed by atoms with Crippen molar-refractivity contribution in [3.05, 3.63) is 29.8 Å². The molecule has 0 saturated heterocycles. The molecule has 1 fully saturated rings. The molecule has 0 bridgehead atoms. The number of hydrogen-bond donors (Lipinski definition) is 1. The first-order valence-electron chi connectivity index (χ1n) is 5.68. The van der Waals surface area contributed by atoms with Gasteiger partial charge in [0.05, 0.1) is 13.7 Å². The van der Waals surface area contributed by atoms with Gasteiger partial charge in [0, 0.05) is 0 Å². The molecule has 1 aromatic carbocycles. The van der Waals surface area contributed by atoms with Crippen LogP contribution in [0.1, 0.15) is 18.4 Å².